The summed E-state index contributed by atoms with van der Waals surface area (Å²) in [6.07, 6.45) is -6.93. The van der Waals surface area contributed by atoms with Crippen molar-refractivity contribution in [2.75, 3.05) is 6.54 Å². The summed E-state index contributed by atoms with van der Waals surface area (Å²) in [5, 5.41) is 4.04. The molecule has 0 aromatic heterocycles. The van der Waals surface area contributed by atoms with E-state index in [-0.39, 0.29) is 12.0 Å². The second-order valence-electron chi connectivity index (χ2n) is 10.8. The number of ketones is 2. The van der Waals surface area contributed by atoms with Crippen LogP contribution in [0.2, 0.25) is 5.02 Å². The molecule has 7 nitrogen and oxygen atoms in total. The number of Topliss-reactive ketones (excluding diaryl/α,β-unsaturated/α-hetero) is 2. The molecule has 0 aliphatic heterocycles. The van der Waals surface area contributed by atoms with Gasteiger partial charge in [0.05, 0.1) is 6.42 Å². The second kappa shape index (κ2) is 15.8. The lowest BCUT2D eigenvalue weighted by Crippen LogP contribution is -2.51. The first-order valence-corrected chi connectivity index (χ1v) is 14.6. The first kappa shape index (κ1) is 36.2. The van der Waals surface area contributed by atoms with Crippen LogP contribution in [-0.4, -0.2) is 42.0 Å². The fourth-order valence-electron chi connectivity index (χ4n) is 4.59. The Bertz CT molecular complexity index is 1500. The van der Waals surface area contributed by atoms with Crippen LogP contribution in [0.3, 0.4) is 0 Å². The first-order chi connectivity index (χ1) is 21.6. The van der Waals surface area contributed by atoms with E-state index in [2.05, 4.69) is 5.32 Å². The maximum atomic E-state index is 14.8. The van der Waals surface area contributed by atoms with Gasteiger partial charge in [-0.25, -0.2) is 0 Å². The van der Waals surface area contributed by atoms with Crippen molar-refractivity contribution in [3.05, 3.63) is 101 Å². The maximum Gasteiger partial charge on any atom is 0.405 e. The molecule has 0 radical (unpaired) electrons. The van der Waals surface area contributed by atoms with Crippen LogP contribution < -0.4 is 15.4 Å². The monoisotopic (exact) mass is 666 g/mol. The minimum atomic E-state index is -4.98. The minimum Gasteiger partial charge on any atom is -0.485 e. The highest BCUT2D eigenvalue weighted by atomic mass is 35.5. The van der Waals surface area contributed by atoms with Gasteiger partial charge in [0.2, 0.25) is 11.7 Å². The Kier molecular flexibility index (Phi) is 12.4. The summed E-state index contributed by atoms with van der Waals surface area (Å²) in [4.78, 5) is 51.8. The number of halogens is 6. The van der Waals surface area contributed by atoms with E-state index in [1.54, 1.807) is 72.8 Å². The molecule has 246 valence electrons. The third-order valence-corrected chi connectivity index (χ3v) is 7.22. The molecule has 0 unspecified atom stereocenters. The summed E-state index contributed by atoms with van der Waals surface area (Å²) in [5.41, 5.74) is 0.925. The number of nitrogens with one attached hydrogen (secondary N) is 2. The van der Waals surface area contributed by atoms with Crippen LogP contribution in [0, 0.1) is 11.8 Å². The van der Waals surface area contributed by atoms with Crippen molar-refractivity contribution < 1.29 is 45.9 Å². The van der Waals surface area contributed by atoms with Crippen molar-refractivity contribution >= 4 is 35.0 Å². The van der Waals surface area contributed by atoms with Gasteiger partial charge in [-0.2, -0.15) is 22.0 Å². The lowest BCUT2D eigenvalue weighted by atomic mass is 9.82. The van der Waals surface area contributed by atoms with Gasteiger partial charge in [-0.3, -0.25) is 19.2 Å². The van der Waals surface area contributed by atoms with Gasteiger partial charge in [0, 0.05) is 17.4 Å². The zero-order chi connectivity index (χ0) is 34.1. The van der Waals surface area contributed by atoms with Crippen LogP contribution in [0.25, 0.3) is 0 Å². The van der Waals surface area contributed by atoms with E-state index in [1.807, 2.05) is 0 Å². The lowest BCUT2D eigenvalue weighted by Gasteiger charge is -2.26. The molecule has 3 aromatic carbocycles. The number of ether oxygens (including phenoxy) is 1. The van der Waals surface area contributed by atoms with Gasteiger partial charge in [0.1, 0.15) is 24.4 Å². The SMILES string of the molecule is CC(C)[C@H](CC(=O)[C@@H](NC(=O)C[C@H](Oc1cccc(Cl)c1)c1ccccc1)c1ccccc1)C(=O)C(F)(F)C(=O)NCC(F)(F)F. The van der Waals surface area contributed by atoms with Gasteiger partial charge in [-0.15, -0.1) is 0 Å². The van der Waals surface area contributed by atoms with Gasteiger partial charge >= 0.3 is 12.1 Å². The van der Waals surface area contributed by atoms with E-state index in [9.17, 15) is 41.1 Å². The van der Waals surface area contributed by atoms with E-state index in [1.165, 1.54) is 26.0 Å². The highest BCUT2D eigenvalue weighted by Crippen LogP contribution is 2.31. The van der Waals surface area contributed by atoms with Gasteiger partial charge in [-0.05, 0) is 35.2 Å². The number of alkyl halides is 5. The Hall–Kier alpha value is -4.32. The predicted molar refractivity (Wildman–Crippen MR) is 160 cm³/mol. The maximum absolute atomic E-state index is 14.8. The Balaban J connectivity index is 1.84. The highest BCUT2D eigenvalue weighted by molar-refractivity contribution is 6.30. The molecule has 0 bridgehead atoms. The number of benzene rings is 3. The zero-order valence-corrected chi connectivity index (χ0v) is 25.6. The molecule has 0 heterocycles. The van der Waals surface area contributed by atoms with Gasteiger partial charge in [0.25, 0.3) is 5.91 Å². The Morgan fingerprint density at radius 3 is 1.93 bits per heavy atom. The lowest BCUT2D eigenvalue weighted by molar-refractivity contribution is -0.167. The van der Waals surface area contributed by atoms with Crippen LogP contribution in [0.5, 0.6) is 5.75 Å². The number of hydrogen-bond acceptors (Lipinski definition) is 5. The van der Waals surface area contributed by atoms with Crippen molar-refractivity contribution in [1.29, 1.82) is 0 Å². The average Bonchev–Trinajstić information content (AvgIpc) is 3.00. The van der Waals surface area contributed by atoms with Crippen LogP contribution >= 0.6 is 11.6 Å². The molecule has 3 aromatic rings. The zero-order valence-electron chi connectivity index (χ0n) is 24.8. The summed E-state index contributed by atoms with van der Waals surface area (Å²) in [6.45, 7) is 0.646. The Labute approximate surface area is 267 Å². The van der Waals surface area contributed by atoms with E-state index < -0.39 is 72.4 Å². The smallest absolute Gasteiger partial charge is 0.405 e. The summed E-state index contributed by atoms with van der Waals surface area (Å²) in [7, 11) is 0. The number of rotatable bonds is 15. The standard InChI is InChI=1S/C33H32ClF5N2O5/c1-20(2)25(30(44)33(38,39)31(45)40-19-32(35,36)37)17-26(42)29(22-12-7-4-8-13-22)41-28(43)18-27(21-10-5-3-6-11-21)46-24-15-9-14-23(34)16-24/h3-16,20,25,27,29H,17-19H2,1-2H3,(H,40,45)(H,41,43)/t25-,27-,29-/m0/s1. The van der Waals surface area contributed by atoms with Crippen LogP contribution in [0.15, 0.2) is 84.9 Å². The topological polar surface area (TPSA) is 102 Å². The van der Waals surface area contributed by atoms with E-state index >= 15 is 0 Å². The molecule has 0 saturated carbocycles. The van der Waals surface area contributed by atoms with E-state index in [4.69, 9.17) is 16.3 Å². The van der Waals surface area contributed by atoms with Crippen LogP contribution in [-0.2, 0) is 19.2 Å². The molecule has 0 aliphatic carbocycles. The molecule has 0 spiro atoms. The molecule has 0 saturated heterocycles. The number of carbonyl (C=O) groups excluding carboxylic acids is 4. The predicted octanol–water partition coefficient (Wildman–Crippen LogP) is 6.82. The number of hydrogen-bond donors (Lipinski definition) is 2. The highest BCUT2D eigenvalue weighted by Gasteiger charge is 2.51. The molecule has 3 rings (SSSR count). The normalized spacial score (nSPS) is 13.8. The summed E-state index contributed by atoms with van der Waals surface area (Å²) in [5.74, 6) is -13.0. The third-order valence-electron chi connectivity index (χ3n) is 6.98. The molecular formula is C33H32ClF5N2O5. The summed E-state index contributed by atoms with van der Waals surface area (Å²) in [6, 6.07) is 21.8. The molecular weight excluding hydrogens is 635 g/mol. The van der Waals surface area contributed by atoms with Crippen molar-refractivity contribution in [3.8, 4) is 5.75 Å². The molecule has 13 heteroatoms. The fraction of sp³-hybridized carbons (Fsp3) is 0.333. The fourth-order valence-corrected chi connectivity index (χ4v) is 4.77. The van der Waals surface area contributed by atoms with Crippen LogP contribution in [0.4, 0.5) is 22.0 Å². The van der Waals surface area contributed by atoms with E-state index in [0.717, 1.165) is 5.32 Å². The van der Waals surface area contributed by atoms with Crippen molar-refractivity contribution in [2.24, 2.45) is 11.8 Å². The van der Waals surface area contributed by atoms with Gasteiger partial charge in [0.15, 0.2) is 5.78 Å². The van der Waals surface area contributed by atoms with Crippen molar-refractivity contribution in [2.45, 2.75) is 50.9 Å². The molecule has 3 atom stereocenters. The number of amides is 2. The molecule has 0 fully saturated rings. The van der Waals surface area contributed by atoms with Crippen LogP contribution in [0.1, 0.15) is 50.0 Å². The molecule has 0 aliphatic rings. The first-order valence-electron chi connectivity index (χ1n) is 14.2. The average molecular weight is 667 g/mol. The van der Waals surface area contributed by atoms with Crippen molar-refractivity contribution in [1.82, 2.24) is 10.6 Å². The minimum absolute atomic E-state index is 0.281. The van der Waals surface area contributed by atoms with Gasteiger partial charge in [-0.1, -0.05) is 92.2 Å². The summed E-state index contributed by atoms with van der Waals surface area (Å²) < 4.78 is 73.0. The van der Waals surface area contributed by atoms with Crippen molar-refractivity contribution in [3.63, 3.8) is 0 Å². The molecule has 46 heavy (non-hydrogen) atoms. The third kappa shape index (κ3) is 10.4. The summed E-state index contributed by atoms with van der Waals surface area (Å²) >= 11 is 6.08. The molecule has 2 amide bonds. The second-order valence-corrected chi connectivity index (χ2v) is 11.3. The molecule has 2 N–H and O–H groups in total. The van der Waals surface area contributed by atoms with E-state index in [0.29, 0.717) is 16.3 Å². The van der Waals surface area contributed by atoms with Gasteiger partial charge < -0.3 is 15.4 Å². The number of carbonyl (C=O) groups is 4. The Morgan fingerprint density at radius 2 is 1.39 bits per heavy atom. The quantitative estimate of drug-likeness (QED) is 0.137. The Morgan fingerprint density at radius 1 is 0.804 bits per heavy atom. The largest absolute Gasteiger partial charge is 0.485 e.